The van der Waals surface area contributed by atoms with Crippen LogP contribution in [-0.4, -0.2) is 230 Å². The third-order valence-electron chi connectivity index (χ3n) is 25.0. The van der Waals surface area contributed by atoms with Gasteiger partial charge in [0.1, 0.15) is 108 Å². The minimum Gasteiger partial charge on any atom is -0.507 e. The number of aliphatic hydroxyl groups is 11. The van der Waals surface area contributed by atoms with Crippen molar-refractivity contribution >= 4 is 88.2 Å². The predicted molar refractivity (Wildman–Crippen MR) is 477 cm³/mol. The molecule has 36 nitrogen and oxygen atoms in total. The topological polar surface area (TPSA) is 590 Å². The first-order valence-electron chi connectivity index (χ1n) is 43.6. The maximum atomic E-state index is 16.7. The molecule has 0 aromatic heterocycles. The lowest BCUT2D eigenvalue weighted by Gasteiger charge is -2.48. The normalized spacial score (nSPS) is 26.2. The summed E-state index contributed by atoms with van der Waals surface area (Å²) in [7, 11) is 0. The number of primary amides is 1. The number of ketones is 3. The third kappa shape index (κ3) is 23.5. The van der Waals surface area contributed by atoms with Gasteiger partial charge in [0.2, 0.25) is 47.8 Å². The number of unbranched alkanes of at least 4 members (excludes halogenated alkanes) is 1. The van der Waals surface area contributed by atoms with Gasteiger partial charge in [-0.15, -0.1) is 0 Å². The monoisotopic (exact) mass is 1910 g/mol. The molecule has 7 aliphatic rings. The first kappa shape index (κ1) is 101. The van der Waals surface area contributed by atoms with E-state index in [1.54, 1.807) is 32.9 Å². The number of phenolic OH excluding ortho intramolecular Hbond substituents is 3. The summed E-state index contributed by atoms with van der Waals surface area (Å²) in [6.07, 6.45) is -28.5. The maximum absolute atomic E-state index is 16.7. The lowest BCUT2D eigenvalue weighted by molar-refractivity contribution is -0.299. The van der Waals surface area contributed by atoms with E-state index in [4.69, 9.17) is 69.0 Å². The van der Waals surface area contributed by atoms with Crippen molar-refractivity contribution in [1.29, 1.82) is 0 Å². The number of nitrogens with two attached hydrogens (primary N) is 1. The second-order valence-electron chi connectivity index (χ2n) is 35.0. The second kappa shape index (κ2) is 44.3. The minimum absolute atomic E-state index is 0.00756. The van der Waals surface area contributed by atoms with E-state index in [2.05, 4.69) is 31.9 Å². The van der Waals surface area contributed by atoms with E-state index in [0.29, 0.717) is 11.4 Å². The molecule has 2 fully saturated rings. The highest BCUT2D eigenvalue weighted by Gasteiger charge is 2.52. The van der Waals surface area contributed by atoms with Crippen LogP contribution in [-0.2, 0) is 70.5 Å². The molecular formula is C94H110Cl3N7O29. The quantitative estimate of drug-likeness (QED) is 0.0191. The van der Waals surface area contributed by atoms with Crippen molar-refractivity contribution in [1.82, 2.24) is 31.9 Å². The molecule has 6 heterocycles. The van der Waals surface area contributed by atoms with E-state index in [0.717, 1.165) is 65.2 Å². The molecule has 716 valence electrons. The molecule has 39 heteroatoms. The molecule has 1 saturated carbocycles. The van der Waals surface area contributed by atoms with Gasteiger partial charge in [0.15, 0.2) is 28.8 Å². The third-order valence-corrected chi connectivity index (χ3v) is 25.8. The molecule has 6 aliphatic heterocycles. The zero-order valence-electron chi connectivity index (χ0n) is 73.0. The number of aromatic hydroxyl groups is 3. The minimum atomic E-state index is -2.27. The number of rotatable bonds is 30. The van der Waals surface area contributed by atoms with Gasteiger partial charge >= 0.3 is 0 Å². The van der Waals surface area contributed by atoms with Crippen LogP contribution in [0, 0.1) is 23.7 Å². The van der Waals surface area contributed by atoms with E-state index >= 15 is 24.0 Å². The first-order valence-corrected chi connectivity index (χ1v) is 44.7. The van der Waals surface area contributed by atoms with Crippen LogP contribution >= 0.6 is 34.8 Å². The molecule has 3 unspecified atom stereocenters. The van der Waals surface area contributed by atoms with Gasteiger partial charge in [0, 0.05) is 71.9 Å². The molecule has 7 aromatic carbocycles. The highest BCUT2D eigenvalue weighted by Crippen LogP contribution is 2.52. The van der Waals surface area contributed by atoms with Crippen molar-refractivity contribution in [2.45, 2.75) is 227 Å². The maximum Gasteiger partial charge on any atom is 0.295 e. The zero-order valence-corrected chi connectivity index (χ0v) is 75.3. The Morgan fingerprint density at radius 2 is 1.34 bits per heavy atom. The van der Waals surface area contributed by atoms with Crippen molar-refractivity contribution in [3.05, 3.63) is 175 Å². The number of hydrogen-bond donors (Lipinski definition) is 21. The molecule has 1 aliphatic carbocycles. The number of benzene rings is 7. The zero-order chi connectivity index (χ0) is 96.5. The number of hydrogen-bond acceptors (Lipinski definition) is 31. The van der Waals surface area contributed by atoms with Gasteiger partial charge in [-0.3, -0.25) is 43.2 Å². The Kier molecular flexibility index (Phi) is 33.8. The molecule has 14 rings (SSSR count). The standard InChI is InChI=1S/C94H110Cl3N7O29/c1-6-45(25-42(2)3)88(124)102-75-64(111)30-52(33-72(98)114)89(125)101-74-51-31-69(130-67-22-17-49(77(75)115)28-59(67)96)85(133-93-86(84(122)82(120)71(40-106)132-93)129-54-26-43(4)87(123)94(5,36-54)100-37-44-10-12-46(13-11-44)47-14-19-53(95)20-15-47)70(32-51)131-68-23-18-50(29-60(68)97)78(116)76-91(127)104-92(128-41-107)57-35-63(110)58(38-99-24-8-7-9-62(109)80(118)83(121)81(119)66(113)39-105)79(117)73(57)56-27-48(16-21-61(56)108)55(34-65(74)112)90(126)103-76/h10-23,27-29,31-32,35,41-43,45,52,54-55,66,71,74-78,80-84,86-87,92-93,99-100,105-106,108,110,113,115-123H,6-9,24-26,30,33-34,36-40H2,1-5H3,(H2,98,114)(H,101,125)(H,102,124)(H,103,126)(H,104,127)/t43-,45-,52+,54-,55-,66-,71-,74-,75+,76+,77-,78-,80+,81-,82?,83-,84?,86-,87-,92-,93+,94?/m1/s1. The SMILES string of the molecule is CC[C@H](CC(C)C)C(=O)N[C@H]1C(=O)C[C@@H](CC(N)=O)C(=O)N[C@H]2C(=O)C[C@H]3C(=O)N[C@H](C(=O)N[C@H](OC=O)c4cc(O)c(CNCCCCC(=O)[C@H](O)[C@@H](O)[C@H](O)[C@H](O)CO)c(O)c4-c4cc3ccc4O)[C@H](O)c3ccc(c(Cl)c3)Oc3cc2cc(c3O[C@@H]2O[C@H](CO)C(O)C(O)[C@H]2O[C@@H]2C[C@@H](C)[C@@H](O)C(C)(NCc3ccc(-c4ccc(Cl)cc4)cc3)C2)Oc2ccc(cc2Cl)[C@H]1O. The van der Waals surface area contributed by atoms with E-state index in [-0.39, 0.29) is 103 Å². The average Bonchev–Trinajstić information content (AvgIpc) is 0.759. The molecule has 22 atom stereocenters. The summed E-state index contributed by atoms with van der Waals surface area (Å²) in [5.41, 5.74) is 4.65. The van der Waals surface area contributed by atoms with Crippen LogP contribution in [0.15, 0.2) is 121 Å². The van der Waals surface area contributed by atoms with Crippen molar-refractivity contribution < 1.29 is 143 Å². The van der Waals surface area contributed by atoms with Crippen LogP contribution < -0.4 is 51.8 Å². The Morgan fingerprint density at radius 3 is 1.95 bits per heavy atom. The fourth-order valence-corrected chi connectivity index (χ4v) is 18.1. The number of amides is 5. The Morgan fingerprint density at radius 1 is 0.699 bits per heavy atom. The number of fused-ring (bicyclic) bond motifs is 15. The summed E-state index contributed by atoms with van der Waals surface area (Å²) in [6.45, 7) is 6.76. The van der Waals surface area contributed by atoms with Gasteiger partial charge in [-0.25, -0.2) is 0 Å². The first-order chi connectivity index (χ1) is 63.2. The fraction of sp³-hybridized carbons (Fsp3) is 0.457. The van der Waals surface area contributed by atoms with Gasteiger partial charge < -0.3 is 138 Å². The Hall–Kier alpha value is -10.6. The molecule has 133 heavy (non-hydrogen) atoms. The van der Waals surface area contributed by atoms with E-state index in [9.17, 15) is 90.7 Å². The number of aliphatic hydroxyl groups excluding tert-OH is 11. The van der Waals surface area contributed by atoms with Crippen LogP contribution in [0.3, 0.4) is 0 Å². The van der Waals surface area contributed by atoms with Crippen LogP contribution in [0.4, 0.5) is 0 Å². The highest BCUT2D eigenvalue weighted by molar-refractivity contribution is 6.32. The predicted octanol–water partition coefficient (Wildman–Crippen LogP) is 5.65. The molecule has 7 aromatic rings. The van der Waals surface area contributed by atoms with Crippen molar-refractivity contribution in [3.63, 3.8) is 0 Å². The molecule has 0 radical (unpaired) electrons. The lowest BCUT2D eigenvalue weighted by Crippen LogP contribution is -2.64. The van der Waals surface area contributed by atoms with E-state index < -0.39 is 281 Å². The van der Waals surface area contributed by atoms with Crippen LogP contribution in [0.25, 0.3) is 22.3 Å². The largest absolute Gasteiger partial charge is 0.507 e. The number of Topliss-reactive ketones (excluding diaryl/α,β-unsaturated/α-hetero) is 3. The Bertz CT molecular complexity index is 5410. The molecule has 5 amide bonds. The van der Waals surface area contributed by atoms with Gasteiger partial charge in [-0.2, -0.15) is 0 Å². The number of nitrogens with one attached hydrogen (secondary N) is 6. The van der Waals surface area contributed by atoms with Crippen molar-refractivity contribution in [2.24, 2.45) is 29.4 Å². The van der Waals surface area contributed by atoms with Crippen molar-refractivity contribution in [3.8, 4) is 68.2 Å². The number of ether oxygens (including phenoxy) is 6. The molecule has 22 N–H and O–H groups in total. The van der Waals surface area contributed by atoms with Gasteiger partial charge in [0.05, 0.1) is 52.9 Å². The smallest absolute Gasteiger partial charge is 0.295 e. The number of phenols is 3. The van der Waals surface area contributed by atoms with Crippen LogP contribution in [0.5, 0.6) is 46.0 Å². The van der Waals surface area contributed by atoms with Gasteiger partial charge in [0.25, 0.3) is 6.47 Å². The summed E-state index contributed by atoms with van der Waals surface area (Å²) in [4.78, 5) is 132. The second-order valence-corrected chi connectivity index (χ2v) is 36.2. The fourth-order valence-electron chi connectivity index (χ4n) is 17.5. The number of carbonyl (C=O) groups is 9. The summed E-state index contributed by atoms with van der Waals surface area (Å²) in [6, 6.07) is 22.3. The molecule has 11 bridgehead atoms. The number of halogens is 3. The average molecular weight is 1910 g/mol. The highest BCUT2D eigenvalue weighted by atomic mass is 35.5. The molecule has 0 spiro atoms. The van der Waals surface area contributed by atoms with Gasteiger partial charge in [-0.05, 0) is 170 Å². The van der Waals surface area contributed by atoms with E-state index in [1.807, 2.05) is 50.2 Å². The number of carbonyl (C=O) groups excluding carboxylic acids is 9. The lowest BCUT2D eigenvalue weighted by atomic mass is 9.73. The van der Waals surface area contributed by atoms with Gasteiger partial charge in [-0.1, -0.05) is 117 Å². The summed E-state index contributed by atoms with van der Waals surface area (Å²) in [5.74, 6) is -19.0. The summed E-state index contributed by atoms with van der Waals surface area (Å²) < 4.78 is 39.4. The summed E-state index contributed by atoms with van der Waals surface area (Å²) in [5, 5.41) is 176. The molecule has 1 saturated heterocycles. The van der Waals surface area contributed by atoms with E-state index in [1.165, 1.54) is 24.3 Å². The summed E-state index contributed by atoms with van der Waals surface area (Å²) >= 11 is 20.7. The van der Waals surface area contributed by atoms with Crippen LogP contribution in [0.1, 0.15) is 168 Å². The van der Waals surface area contributed by atoms with Crippen LogP contribution in [0.2, 0.25) is 15.1 Å². The molecular weight excluding hydrogens is 1800 g/mol. The van der Waals surface area contributed by atoms with Crippen molar-refractivity contribution in [2.75, 3.05) is 19.8 Å². The Balaban J connectivity index is 1.01. The Labute approximate surface area is 779 Å².